The van der Waals surface area contributed by atoms with E-state index in [2.05, 4.69) is 32.6 Å². The normalized spacial score (nSPS) is 12.1. The van der Waals surface area contributed by atoms with Crippen molar-refractivity contribution in [1.29, 1.82) is 0 Å². The number of hydrogen-bond donors (Lipinski definition) is 0. The molecule has 1 nitrogen and oxygen atoms in total. The second-order valence-corrected chi connectivity index (χ2v) is 4.92. The average Bonchev–Trinajstić information content (AvgIpc) is 2.26. The molecule has 0 aliphatic rings. The van der Waals surface area contributed by atoms with Gasteiger partial charge in [0.2, 0.25) is 0 Å². The van der Waals surface area contributed by atoms with Gasteiger partial charge in [-0.3, -0.25) is 0 Å². The molecule has 0 heterocycles. The molecular weight excluding hydrogens is 204 g/mol. The molecule has 0 saturated heterocycles. The highest BCUT2D eigenvalue weighted by Crippen LogP contribution is 2.27. The Balaban J connectivity index is 2.61. The molecule has 0 aliphatic carbocycles. The maximum absolute atomic E-state index is 5.48. The number of benzene rings is 1. The minimum absolute atomic E-state index is 0.567. The molecule has 0 radical (unpaired) electrons. The van der Waals surface area contributed by atoms with Crippen LogP contribution in [0.25, 0.3) is 0 Å². The van der Waals surface area contributed by atoms with E-state index in [0.717, 1.165) is 5.75 Å². The zero-order valence-corrected chi connectivity index (χ0v) is 10.2. The molecule has 82 valence electrons. The van der Waals surface area contributed by atoms with Gasteiger partial charge in [-0.05, 0) is 24.6 Å². The zero-order chi connectivity index (χ0) is 11.1. The summed E-state index contributed by atoms with van der Waals surface area (Å²) in [5.74, 6) is 0.920. The second kappa shape index (κ2) is 6.57. The van der Waals surface area contributed by atoms with Crippen molar-refractivity contribution in [3.8, 4) is 5.75 Å². The Hall–Kier alpha value is -0.890. The number of thioether (sulfide) groups is 1. The molecule has 15 heavy (non-hydrogen) atoms. The van der Waals surface area contributed by atoms with Crippen molar-refractivity contribution in [2.45, 2.75) is 30.4 Å². The Kier molecular flexibility index (Phi) is 5.33. The molecule has 2 heteroatoms. The fourth-order valence-corrected chi connectivity index (χ4v) is 2.08. The average molecular weight is 222 g/mol. The topological polar surface area (TPSA) is 9.23 Å². The lowest BCUT2D eigenvalue weighted by Crippen LogP contribution is -1.94. The lowest BCUT2D eigenvalue weighted by molar-refractivity contribution is 0.362. The summed E-state index contributed by atoms with van der Waals surface area (Å²) in [7, 11) is 0. The van der Waals surface area contributed by atoms with E-state index in [0.29, 0.717) is 11.9 Å². The number of ether oxygens (including phenoxy) is 1. The number of hydrogen-bond acceptors (Lipinski definition) is 2. The highest BCUT2D eigenvalue weighted by Gasteiger charge is 2.02. The van der Waals surface area contributed by atoms with Crippen molar-refractivity contribution in [1.82, 2.24) is 0 Å². The Morgan fingerprint density at radius 3 is 3.00 bits per heavy atom. The first kappa shape index (κ1) is 12.2. The van der Waals surface area contributed by atoms with Crippen LogP contribution in [0.2, 0.25) is 0 Å². The van der Waals surface area contributed by atoms with Gasteiger partial charge in [0.25, 0.3) is 0 Å². The van der Waals surface area contributed by atoms with E-state index >= 15 is 0 Å². The molecule has 0 N–H and O–H groups in total. The highest BCUT2D eigenvalue weighted by molar-refractivity contribution is 7.99. The van der Waals surface area contributed by atoms with Gasteiger partial charge in [0, 0.05) is 10.1 Å². The summed E-state index contributed by atoms with van der Waals surface area (Å²) in [4.78, 5) is 1.27. The van der Waals surface area contributed by atoms with E-state index < -0.39 is 0 Å². The van der Waals surface area contributed by atoms with E-state index in [9.17, 15) is 0 Å². The van der Waals surface area contributed by atoms with Gasteiger partial charge in [-0.1, -0.05) is 32.6 Å². The van der Waals surface area contributed by atoms with Crippen LogP contribution < -0.4 is 4.74 Å². The Morgan fingerprint density at radius 2 is 2.33 bits per heavy atom. The first-order chi connectivity index (χ1) is 7.26. The fraction of sp³-hybridized carbons (Fsp3) is 0.385. The predicted octanol–water partition coefficient (Wildman–Crippen LogP) is 4.14. The Bertz CT molecular complexity index is 309. The zero-order valence-electron chi connectivity index (χ0n) is 9.40. The van der Waals surface area contributed by atoms with E-state index in [-0.39, 0.29) is 0 Å². The smallest absolute Gasteiger partial charge is 0.120 e. The van der Waals surface area contributed by atoms with Crippen LogP contribution in [0.1, 0.15) is 20.3 Å². The summed E-state index contributed by atoms with van der Waals surface area (Å²) < 4.78 is 5.48. The van der Waals surface area contributed by atoms with E-state index in [1.54, 1.807) is 6.08 Å². The summed E-state index contributed by atoms with van der Waals surface area (Å²) >= 11 is 1.89. The van der Waals surface area contributed by atoms with Gasteiger partial charge in [-0.25, -0.2) is 0 Å². The third-order valence-electron chi connectivity index (χ3n) is 2.09. The summed E-state index contributed by atoms with van der Waals surface area (Å²) in [6, 6.07) is 8.21. The molecule has 0 fully saturated rings. The molecule has 1 aromatic carbocycles. The first-order valence-corrected chi connectivity index (χ1v) is 6.14. The van der Waals surface area contributed by atoms with Crippen LogP contribution in [0, 0.1) is 0 Å². The molecule has 1 atom stereocenters. The van der Waals surface area contributed by atoms with Crippen LogP contribution in [-0.4, -0.2) is 11.9 Å². The maximum Gasteiger partial charge on any atom is 0.120 e. The molecule has 0 saturated carbocycles. The lowest BCUT2D eigenvalue weighted by Gasteiger charge is -2.09. The minimum atomic E-state index is 0.567. The fourth-order valence-electron chi connectivity index (χ4n) is 1.11. The molecule has 0 amide bonds. The monoisotopic (exact) mass is 222 g/mol. The third-order valence-corrected chi connectivity index (χ3v) is 3.35. The van der Waals surface area contributed by atoms with Gasteiger partial charge in [-0.15, -0.1) is 11.8 Å². The standard InChI is InChI=1S/C13H18OS/c1-4-9-14-12-7-6-8-13(10-12)15-11(3)5-2/h4,6-8,10-11H,1,5,9H2,2-3H3. The van der Waals surface area contributed by atoms with Gasteiger partial charge in [0.15, 0.2) is 0 Å². The maximum atomic E-state index is 5.48. The van der Waals surface area contributed by atoms with Crippen molar-refractivity contribution in [2.24, 2.45) is 0 Å². The Morgan fingerprint density at radius 1 is 1.53 bits per heavy atom. The van der Waals surface area contributed by atoms with Crippen LogP contribution in [0.4, 0.5) is 0 Å². The van der Waals surface area contributed by atoms with Crippen molar-refractivity contribution >= 4 is 11.8 Å². The summed E-state index contributed by atoms with van der Waals surface area (Å²) in [6.45, 7) is 8.64. The molecule has 1 unspecified atom stereocenters. The molecule has 1 rings (SSSR count). The lowest BCUT2D eigenvalue weighted by atomic mass is 10.3. The van der Waals surface area contributed by atoms with Crippen LogP contribution >= 0.6 is 11.8 Å². The molecule has 0 aromatic heterocycles. The van der Waals surface area contributed by atoms with Gasteiger partial charge in [0.05, 0.1) is 0 Å². The minimum Gasteiger partial charge on any atom is -0.490 e. The van der Waals surface area contributed by atoms with Crippen molar-refractivity contribution in [3.05, 3.63) is 36.9 Å². The van der Waals surface area contributed by atoms with Gasteiger partial charge >= 0.3 is 0 Å². The third kappa shape index (κ3) is 4.43. The largest absolute Gasteiger partial charge is 0.490 e. The van der Waals surface area contributed by atoms with E-state index in [1.165, 1.54) is 11.3 Å². The summed E-state index contributed by atoms with van der Waals surface area (Å²) in [5.41, 5.74) is 0. The highest BCUT2D eigenvalue weighted by atomic mass is 32.2. The van der Waals surface area contributed by atoms with Crippen LogP contribution in [0.5, 0.6) is 5.75 Å². The quantitative estimate of drug-likeness (QED) is 0.528. The van der Waals surface area contributed by atoms with Crippen LogP contribution in [0.15, 0.2) is 41.8 Å². The molecule has 0 bridgehead atoms. The molecular formula is C13H18OS. The predicted molar refractivity (Wildman–Crippen MR) is 67.7 cm³/mol. The second-order valence-electron chi connectivity index (χ2n) is 3.41. The Labute approximate surface area is 96.5 Å². The van der Waals surface area contributed by atoms with E-state index in [1.807, 2.05) is 23.9 Å². The van der Waals surface area contributed by atoms with E-state index in [4.69, 9.17) is 4.74 Å². The molecule has 0 aliphatic heterocycles. The summed E-state index contributed by atoms with van der Waals surface area (Å²) in [6.07, 6.45) is 2.94. The van der Waals surface area contributed by atoms with Crippen molar-refractivity contribution < 1.29 is 4.74 Å². The summed E-state index contributed by atoms with van der Waals surface area (Å²) in [5, 5.41) is 0.652. The van der Waals surface area contributed by atoms with Gasteiger partial charge in [0.1, 0.15) is 12.4 Å². The molecule has 1 aromatic rings. The van der Waals surface area contributed by atoms with Crippen molar-refractivity contribution in [3.63, 3.8) is 0 Å². The van der Waals surface area contributed by atoms with Gasteiger partial charge < -0.3 is 4.74 Å². The van der Waals surface area contributed by atoms with Crippen molar-refractivity contribution in [2.75, 3.05) is 6.61 Å². The van der Waals surface area contributed by atoms with Crippen LogP contribution in [0.3, 0.4) is 0 Å². The number of rotatable bonds is 6. The van der Waals surface area contributed by atoms with Crippen LogP contribution in [-0.2, 0) is 0 Å². The SMILES string of the molecule is C=CCOc1cccc(SC(C)CC)c1. The first-order valence-electron chi connectivity index (χ1n) is 5.26. The van der Waals surface area contributed by atoms with Gasteiger partial charge in [-0.2, -0.15) is 0 Å². The molecule has 0 spiro atoms.